The maximum atomic E-state index is 12.1. The van der Waals surface area contributed by atoms with Gasteiger partial charge in [-0.05, 0) is 17.7 Å². The first kappa shape index (κ1) is 16.6. The lowest BCUT2D eigenvalue weighted by molar-refractivity contribution is -0.605. The fourth-order valence-electron chi connectivity index (χ4n) is 1.99. The van der Waals surface area contributed by atoms with Crippen LogP contribution in [0.25, 0.3) is 0 Å². The lowest BCUT2D eigenvalue weighted by Gasteiger charge is -2.26. The molecule has 0 saturated heterocycles. The van der Waals surface area contributed by atoms with Gasteiger partial charge in [-0.2, -0.15) is 4.73 Å². The molecule has 2 rings (SSSR count). The summed E-state index contributed by atoms with van der Waals surface area (Å²) in [5, 5.41) is 14.8. The molecule has 2 aromatic rings. The lowest BCUT2D eigenvalue weighted by atomic mass is 9.84. The van der Waals surface area contributed by atoms with E-state index in [1.54, 1.807) is 12.1 Å². The number of benzene rings is 1. The number of carbonyl (C=O) groups excluding carboxylic acids is 1. The van der Waals surface area contributed by atoms with Gasteiger partial charge in [0, 0.05) is 24.1 Å². The standard InChI is InChI=1S/C16H16Cl2N2O2/c1-16(2,12-3-4-13(17)14(18)9-12)10-19-15(21)11-5-7-20(22)8-6-11/h3-9H,10H2,1-2H3,(H,19,21). The van der Waals surface area contributed by atoms with Crippen molar-refractivity contribution in [1.29, 1.82) is 0 Å². The van der Waals surface area contributed by atoms with Crippen LogP contribution < -0.4 is 10.0 Å². The monoisotopic (exact) mass is 338 g/mol. The van der Waals surface area contributed by atoms with Gasteiger partial charge in [0.1, 0.15) is 0 Å². The zero-order valence-corrected chi connectivity index (χ0v) is 13.8. The van der Waals surface area contributed by atoms with Crippen LogP contribution in [0.4, 0.5) is 0 Å². The molecule has 6 heteroatoms. The van der Waals surface area contributed by atoms with Crippen LogP contribution in [0.15, 0.2) is 42.7 Å². The fourth-order valence-corrected chi connectivity index (χ4v) is 2.28. The van der Waals surface area contributed by atoms with Crippen molar-refractivity contribution in [1.82, 2.24) is 5.32 Å². The molecule has 0 unspecified atom stereocenters. The van der Waals surface area contributed by atoms with Gasteiger partial charge in [-0.25, -0.2) is 0 Å². The highest BCUT2D eigenvalue weighted by molar-refractivity contribution is 6.42. The van der Waals surface area contributed by atoms with Gasteiger partial charge in [-0.1, -0.05) is 43.1 Å². The Labute approximate surface area is 139 Å². The molecule has 0 saturated carbocycles. The Hall–Kier alpha value is -1.78. The normalized spacial score (nSPS) is 11.3. The van der Waals surface area contributed by atoms with Gasteiger partial charge in [-0.3, -0.25) is 4.79 Å². The van der Waals surface area contributed by atoms with Crippen molar-refractivity contribution in [2.75, 3.05) is 6.54 Å². The minimum Gasteiger partial charge on any atom is -0.619 e. The molecule has 0 atom stereocenters. The number of halogens is 2. The van der Waals surface area contributed by atoms with E-state index in [0.717, 1.165) is 5.56 Å². The number of hydrogen-bond acceptors (Lipinski definition) is 2. The van der Waals surface area contributed by atoms with Gasteiger partial charge in [0.05, 0.1) is 15.6 Å². The van der Waals surface area contributed by atoms with Crippen molar-refractivity contribution >= 4 is 29.1 Å². The number of aromatic nitrogens is 1. The molecule has 1 N–H and O–H groups in total. The summed E-state index contributed by atoms with van der Waals surface area (Å²) in [5.74, 6) is -0.228. The van der Waals surface area contributed by atoms with E-state index >= 15 is 0 Å². The van der Waals surface area contributed by atoms with Crippen molar-refractivity contribution in [3.63, 3.8) is 0 Å². The average molecular weight is 339 g/mol. The van der Waals surface area contributed by atoms with Crippen molar-refractivity contribution < 1.29 is 9.52 Å². The molecule has 22 heavy (non-hydrogen) atoms. The Morgan fingerprint density at radius 3 is 2.41 bits per heavy atom. The van der Waals surface area contributed by atoms with Crippen LogP contribution in [0, 0.1) is 5.21 Å². The summed E-state index contributed by atoms with van der Waals surface area (Å²) in [4.78, 5) is 12.1. The third-order valence-corrected chi connectivity index (χ3v) is 4.20. The number of pyridine rings is 1. The summed E-state index contributed by atoms with van der Waals surface area (Å²) in [5.41, 5.74) is 1.11. The first-order chi connectivity index (χ1) is 10.3. The predicted octanol–water partition coefficient (Wildman–Crippen LogP) is 3.33. The third kappa shape index (κ3) is 3.90. The molecular formula is C16H16Cl2N2O2. The van der Waals surface area contributed by atoms with E-state index in [0.29, 0.717) is 26.9 Å². The number of nitrogens with one attached hydrogen (secondary N) is 1. The number of carbonyl (C=O) groups is 1. The Kier molecular flexibility index (Phi) is 4.94. The van der Waals surface area contributed by atoms with Gasteiger partial charge >= 0.3 is 0 Å². The Bertz CT molecular complexity index is 685. The molecule has 0 aliphatic rings. The lowest BCUT2D eigenvalue weighted by Crippen LogP contribution is -2.37. The fraction of sp³-hybridized carbons (Fsp3) is 0.250. The van der Waals surface area contributed by atoms with Gasteiger partial charge < -0.3 is 10.5 Å². The van der Waals surface area contributed by atoms with E-state index in [1.165, 1.54) is 24.5 Å². The number of rotatable bonds is 4. The van der Waals surface area contributed by atoms with E-state index in [2.05, 4.69) is 5.32 Å². The highest BCUT2D eigenvalue weighted by atomic mass is 35.5. The summed E-state index contributed by atoms with van der Waals surface area (Å²) >= 11 is 12.0. The van der Waals surface area contributed by atoms with Gasteiger partial charge in [0.15, 0.2) is 12.4 Å². The predicted molar refractivity (Wildman–Crippen MR) is 87.2 cm³/mol. The van der Waals surface area contributed by atoms with E-state index in [1.807, 2.05) is 19.9 Å². The first-order valence-electron chi connectivity index (χ1n) is 6.72. The molecule has 0 spiro atoms. The van der Waals surface area contributed by atoms with Crippen LogP contribution in [0.3, 0.4) is 0 Å². The van der Waals surface area contributed by atoms with E-state index in [4.69, 9.17) is 23.2 Å². The van der Waals surface area contributed by atoms with Crippen LogP contribution in [-0.4, -0.2) is 12.5 Å². The highest BCUT2D eigenvalue weighted by Gasteiger charge is 2.22. The summed E-state index contributed by atoms with van der Waals surface area (Å²) in [7, 11) is 0. The van der Waals surface area contributed by atoms with E-state index in [9.17, 15) is 10.0 Å². The van der Waals surface area contributed by atoms with Crippen LogP contribution in [0.5, 0.6) is 0 Å². The number of nitrogens with zero attached hydrogens (tertiary/aromatic N) is 1. The summed E-state index contributed by atoms with van der Waals surface area (Å²) in [6.45, 7) is 4.43. The summed E-state index contributed by atoms with van der Waals surface area (Å²) in [6, 6.07) is 8.40. The topological polar surface area (TPSA) is 56.0 Å². The van der Waals surface area contributed by atoms with Crippen molar-refractivity contribution in [3.05, 3.63) is 69.1 Å². The average Bonchev–Trinajstić information content (AvgIpc) is 2.48. The van der Waals surface area contributed by atoms with Gasteiger partial charge in [0.2, 0.25) is 0 Å². The van der Waals surface area contributed by atoms with Crippen molar-refractivity contribution in [2.24, 2.45) is 0 Å². The molecule has 0 aliphatic carbocycles. The van der Waals surface area contributed by atoms with Crippen LogP contribution >= 0.6 is 23.2 Å². The summed E-state index contributed by atoms with van der Waals surface area (Å²) in [6.07, 6.45) is 2.58. The highest BCUT2D eigenvalue weighted by Crippen LogP contribution is 2.29. The Morgan fingerprint density at radius 2 is 1.82 bits per heavy atom. The molecular weight excluding hydrogens is 323 g/mol. The van der Waals surface area contributed by atoms with E-state index < -0.39 is 0 Å². The number of amides is 1. The second-order valence-corrected chi connectivity index (χ2v) is 6.46. The maximum Gasteiger partial charge on any atom is 0.251 e. The maximum absolute atomic E-state index is 12.1. The van der Waals surface area contributed by atoms with Crippen LogP contribution in [-0.2, 0) is 5.41 Å². The minimum absolute atomic E-state index is 0.228. The molecule has 0 aliphatic heterocycles. The quantitative estimate of drug-likeness (QED) is 0.686. The van der Waals surface area contributed by atoms with E-state index in [-0.39, 0.29) is 11.3 Å². The molecule has 1 aromatic carbocycles. The molecule has 1 aromatic heterocycles. The van der Waals surface area contributed by atoms with Gasteiger partial charge in [-0.15, -0.1) is 0 Å². The van der Waals surface area contributed by atoms with Crippen molar-refractivity contribution in [3.8, 4) is 0 Å². The second-order valence-electron chi connectivity index (χ2n) is 5.64. The minimum atomic E-state index is -0.308. The SMILES string of the molecule is CC(C)(CNC(=O)c1cc[n+]([O-])cc1)c1ccc(Cl)c(Cl)c1. The molecule has 1 amide bonds. The zero-order chi connectivity index (χ0) is 16.3. The molecule has 116 valence electrons. The molecule has 0 radical (unpaired) electrons. The smallest absolute Gasteiger partial charge is 0.251 e. The van der Waals surface area contributed by atoms with Crippen molar-refractivity contribution in [2.45, 2.75) is 19.3 Å². The number of hydrogen-bond donors (Lipinski definition) is 1. The van der Waals surface area contributed by atoms with Gasteiger partial charge in [0.25, 0.3) is 5.91 Å². The molecule has 0 bridgehead atoms. The first-order valence-corrected chi connectivity index (χ1v) is 7.48. The summed E-state index contributed by atoms with van der Waals surface area (Å²) < 4.78 is 0.635. The van der Waals surface area contributed by atoms with Crippen LogP contribution in [0.1, 0.15) is 29.8 Å². The van der Waals surface area contributed by atoms with Crippen LogP contribution in [0.2, 0.25) is 10.0 Å². The molecule has 4 nitrogen and oxygen atoms in total. The molecule has 0 fully saturated rings. The largest absolute Gasteiger partial charge is 0.619 e. The third-order valence-electron chi connectivity index (χ3n) is 3.46. The second kappa shape index (κ2) is 6.55. The molecule has 1 heterocycles. The Morgan fingerprint density at radius 1 is 1.18 bits per heavy atom. The zero-order valence-electron chi connectivity index (χ0n) is 12.3. The Balaban J connectivity index is 2.07.